The fourth-order valence-electron chi connectivity index (χ4n) is 6.17. The lowest BCUT2D eigenvalue weighted by molar-refractivity contribution is -0.132. The van der Waals surface area contributed by atoms with E-state index in [0.29, 0.717) is 26.2 Å². The summed E-state index contributed by atoms with van der Waals surface area (Å²) in [6.45, 7) is 8.28. The lowest BCUT2D eigenvalue weighted by atomic mass is 9.82. The second-order valence-corrected chi connectivity index (χ2v) is 11.8. The molecule has 2 amide bonds. The summed E-state index contributed by atoms with van der Waals surface area (Å²) >= 11 is 0. The van der Waals surface area contributed by atoms with E-state index in [1.807, 2.05) is 35.0 Å². The Morgan fingerprint density at radius 3 is 2.40 bits per heavy atom. The molecule has 42 heavy (non-hydrogen) atoms. The second-order valence-electron chi connectivity index (χ2n) is 11.8. The van der Waals surface area contributed by atoms with Crippen molar-refractivity contribution in [3.8, 4) is 5.75 Å². The molecule has 2 aliphatic heterocycles. The van der Waals surface area contributed by atoms with Gasteiger partial charge in [-0.05, 0) is 73.4 Å². The van der Waals surface area contributed by atoms with Gasteiger partial charge in [0.25, 0.3) is 5.91 Å². The van der Waals surface area contributed by atoms with Crippen LogP contribution in [0.4, 0.5) is 0 Å². The molecule has 5 rings (SSSR count). The zero-order valence-corrected chi connectivity index (χ0v) is 25.4. The van der Waals surface area contributed by atoms with Gasteiger partial charge in [0.1, 0.15) is 5.75 Å². The highest BCUT2D eigenvalue weighted by molar-refractivity contribution is 6.03. The fraction of sp³-hybridized carbons (Fsp3) is 0.389. The van der Waals surface area contributed by atoms with Crippen LogP contribution >= 0.6 is 0 Å². The van der Waals surface area contributed by atoms with Gasteiger partial charge >= 0.3 is 0 Å². The van der Waals surface area contributed by atoms with Crippen molar-refractivity contribution in [2.75, 3.05) is 33.3 Å². The molecule has 3 aromatic carbocycles. The largest absolute Gasteiger partial charge is 0.493 e. The third-order valence-electron chi connectivity index (χ3n) is 8.51. The highest BCUT2D eigenvalue weighted by atomic mass is 16.5. The number of likely N-dealkylation sites (N-methyl/N-ethyl adjacent to an activating group) is 1. The summed E-state index contributed by atoms with van der Waals surface area (Å²) in [6.07, 6.45) is 3.38. The van der Waals surface area contributed by atoms with Crippen LogP contribution < -0.4 is 10.1 Å². The smallest absolute Gasteiger partial charge is 0.251 e. The van der Waals surface area contributed by atoms with Gasteiger partial charge in [0.05, 0.1) is 12.6 Å². The Morgan fingerprint density at radius 2 is 1.69 bits per heavy atom. The average molecular weight is 566 g/mol. The molecule has 2 heterocycles. The van der Waals surface area contributed by atoms with Crippen molar-refractivity contribution in [2.45, 2.75) is 58.5 Å². The summed E-state index contributed by atoms with van der Waals surface area (Å²) in [5, 5.41) is 3.65. The van der Waals surface area contributed by atoms with Crippen molar-refractivity contribution in [3.63, 3.8) is 0 Å². The van der Waals surface area contributed by atoms with Crippen molar-refractivity contribution in [1.82, 2.24) is 15.1 Å². The number of hydrogen-bond acceptors (Lipinski definition) is 4. The van der Waals surface area contributed by atoms with E-state index in [-0.39, 0.29) is 23.9 Å². The number of carbonyl (C=O) groups excluding carboxylic acids is 2. The zero-order valence-electron chi connectivity index (χ0n) is 25.4. The molecule has 2 bridgehead atoms. The first kappa shape index (κ1) is 29.6. The van der Waals surface area contributed by atoms with Crippen LogP contribution in [-0.4, -0.2) is 67.0 Å². The van der Waals surface area contributed by atoms with Gasteiger partial charge in [-0.25, -0.2) is 0 Å². The quantitative estimate of drug-likeness (QED) is 0.336. The van der Waals surface area contributed by atoms with Crippen LogP contribution in [0.1, 0.15) is 47.6 Å². The van der Waals surface area contributed by atoms with Crippen molar-refractivity contribution >= 4 is 17.4 Å². The molecule has 0 saturated carbocycles. The van der Waals surface area contributed by atoms with Crippen molar-refractivity contribution in [1.29, 1.82) is 0 Å². The van der Waals surface area contributed by atoms with Crippen LogP contribution in [0.5, 0.6) is 5.75 Å². The number of hydrogen-bond donors (Lipinski definition) is 1. The molecule has 1 saturated heterocycles. The molecule has 0 radical (unpaired) electrons. The molecule has 1 unspecified atom stereocenters. The summed E-state index contributed by atoms with van der Waals surface area (Å²) in [7, 11) is 1.89. The molecule has 3 aromatic rings. The van der Waals surface area contributed by atoms with E-state index >= 15 is 0 Å². The number of ether oxygens (including phenoxy) is 1. The Morgan fingerprint density at radius 1 is 0.952 bits per heavy atom. The number of carbonyl (C=O) groups is 2. The van der Waals surface area contributed by atoms with Crippen LogP contribution in [0.25, 0.3) is 5.57 Å². The fourth-order valence-corrected chi connectivity index (χ4v) is 6.17. The third kappa shape index (κ3) is 7.11. The van der Waals surface area contributed by atoms with E-state index in [9.17, 15) is 9.59 Å². The number of aryl methyl sites for hydroxylation is 3. The highest BCUT2D eigenvalue weighted by Crippen LogP contribution is 2.34. The monoisotopic (exact) mass is 565 g/mol. The van der Waals surface area contributed by atoms with Crippen LogP contribution in [0.3, 0.4) is 0 Å². The van der Waals surface area contributed by atoms with Gasteiger partial charge in [0.15, 0.2) is 0 Å². The number of rotatable bonds is 10. The van der Waals surface area contributed by atoms with Gasteiger partial charge in [-0.2, -0.15) is 0 Å². The Hall–Kier alpha value is -3.90. The summed E-state index contributed by atoms with van der Waals surface area (Å²) in [6, 6.07) is 25.2. The molecule has 6 nitrogen and oxygen atoms in total. The minimum absolute atomic E-state index is 0.0370. The minimum atomic E-state index is -0.176. The topological polar surface area (TPSA) is 61.9 Å². The normalized spacial score (nSPS) is 18.1. The number of piperazine rings is 1. The molecule has 1 N–H and O–H groups in total. The van der Waals surface area contributed by atoms with Gasteiger partial charge in [0.2, 0.25) is 5.91 Å². The van der Waals surface area contributed by atoms with E-state index in [1.165, 1.54) is 22.3 Å². The molecule has 1 fully saturated rings. The van der Waals surface area contributed by atoms with Gasteiger partial charge in [0, 0.05) is 45.2 Å². The Bertz CT molecular complexity index is 1430. The summed E-state index contributed by atoms with van der Waals surface area (Å²) < 4.78 is 6.03. The predicted octanol–water partition coefficient (Wildman–Crippen LogP) is 5.36. The standard InChI is InChI=1S/C36H43N3O3/c1-25-12-17-34(26(2)21-25)42-20-8-11-29-13-15-30(16-14-29)32-22-31-23-39(27(3)40)24-33(37-31)35(32)36(41)38(4)19-18-28-9-6-5-7-10-28/h5-7,9-10,12-17,21,31,33,37H,8,11,18-20,22-24H2,1-4H3/t31?,33-/m1/s1. The number of nitrogens with zero attached hydrogens (tertiary/aromatic N) is 2. The van der Waals surface area contributed by atoms with Crippen LogP contribution in [0.2, 0.25) is 0 Å². The maximum atomic E-state index is 14.0. The van der Waals surface area contributed by atoms with Crippen molar-refractivity contribution < 1.29 is 14.3 Å². The first-order chi connectivity index (χ1) is 20.3. The van der Waals surface area contributed by atoms with Gasteiger partial charge in [-0.1, -0.05) is 72.3 Å². The molecular formula is C36H43N3O3. The lowest BCUT2D eigenvalue weighted by Gasteiger charge is -2.44. The van der Waals surface area contributed by atoms with E-state index < -0.39 is 0 Å². The van der Waals surface area contributed by atoms with Crippen molar-refractivity contribution in [2.24, 2.45) is 0 Å². The van der Waals surface area contributed by atoms with Crippen molar-refractivity contribution in [3.05, 3.63) is 106 Å². The molecule has 6 heteroatoms. The van der Waals surface area contributed by atoms with E-state index in [0.717, 1.165) is 48.1 Å². The first-order valence-corrected chi connectivity index (χ1v) is 15.1. The van der Waals surface area contributed by atoms with E-state index in [1.54, 1.807) is 6.92 Å². The summed E-state index contributed by atoms with van der Waals surface area (Å²) in [4.78, 5) is 30.0. The van der Waals surface area contributed by atoms with Gasteiger partial charge < -0.3 is 19.9 Å². The number of amides is 2. The van der Waals surface area contributed by atoms with E-state index in [4.69, 9.17) is 4.74 Å². The third-order valence-corrected chi connectivity index (χ3v) is 8.51. The SMILES string of the molecule is CC(=O)N1CC2CC(c3ccc(CCCOc4ccc(C)cc4C)cc3)=C(C(=O)N(C)CCc3ccccc3)[C@@H](C1)N2. The molecule has 2 atom stereocenters. The highest BCUT2D eigenvalue weighted by Gasteiger charge is 2.39. The minimum Gasteiger partial charge on any atom is -0.493 e. The maximum absolute atomic E-state index is 14.0. The first-order valence-electron chi connectivity index (χ1n) is 15.1. The van der Waals surface area contributed by atoms with Crippen LogP contribution in [0, 0.1) is 13.8 Å². The molecule has 220 valence electrons. The van der Waals surface area contributed by atoms with Crippen LogP contribution in [-0.2, 0) is 22.4 Å². The Labute approximate surface area is 250 Å². The Kier molecular flexibility index (Phi) is 9.43. The average Bonchev–Trinajstić information content (AvgIpc) is 2.99. The van der Waals surface area contributed by atoms with E-state index in [2.05, 4.69) is 73.8 Å². The maximum Gasteiger partial charge on any atom is 0.251 e. The van der Waals surface area contributed by atoms with Gasteiger partial charge in [-0.3, -0.25) is 9.59 Å². The summed E-state index contributed by atoms with van der Waals surface area (Å²) in [5.74, 6) is 1.05. The lowest BCUT2D eigenvalue weighted by Crippen LogP contribution is -2.61. The van der Waals surface area contributed by atoms with Gasteiger partial charge in [-0.15, -0.1) is 0 Å². The predicted molar refractivity (Wildman–Crippen MR) is 168 cm³/mol. The zero-order chi connectivity index (χ0) is 29.6. The molecule has 0 spiro atoms. The Balaban J connectivity index is 1.30. The second kappa shape index (κ2) is 13.4. The van der Waals surface area contributed by atoms with Crippen LogP contribution in [0.15, 0.2) is 78.4 Å². The molecule has 0 aliphatic carbocycles. The molecule has 2 aliphatic rings. The molecular weight excluding hydrogens is 522 g/mol. The number of fused-ring (bicyclic) bond motifs is 2. The number of benzene rings is 3. The molecule has 0 aromatic heterocycles. The summed E-state index contributed by atoms with van der Waals surface area (Å²) in [5.41, 5.74) is 7.87. The number of nitrogens with one attached hydrogen (secondary N) is 1.